The maximum atomic E-state index is 15.1. The van der Waals surface area contributed by atoms with Crippen LogP contribution in [0.15, 0.2) is 191 Å². The number of carbonyl (C=O) groups is 1. The Balaban J connectivity index is 1.09. The van der Waals surface area contributed by atoms with Gasteiger partial charge in [0, 0.05) is 36.0 Å². The SMILES string of the molecule is O=C(NCCc1ccc(OCc2ccccc2)c(OCc2ccccc2)c1)[C@]1(Cc2ccccc2Br)N=C(c2ccc(OCCCO)cc2)O[C@@H]1c1ccc(-c2ccccc2)cc1. The zero-order valence-corrected chi connectivity index (χ0v) is 36.5. The number of aliphatic hydroxyl groups is 1. The molecule has 8 rings (SSSR count). The zero-order valence-electron chi connectivity index (χ0n) is 34.9. The number of nitrogens with one attached hydrogen (secondary N) is 1. The second kappa shape index (κ2) is 20.9. The van der Waals surface area contributed by atoms with E-state index in [1.807, 2.05) is 158 Å². The summed E-state index contributed by atoms with van der Waals surface area (Å²) in [5.41, 5.74) is 6.31. The molecule has 63 heavy (non-hydrogen) atoms. The number of nitrogens with zero attached hydrogens (tertiary/aromatic N) is 1. The third-order valence-electron chi connectivity index (χ3n) is 10.9. The predicted molar refractivity (Wildman–Crippen MR) is 251 cm³/mol. The minimum absolute atomic E-state index is 0.0543. The van der Waals surface area contributed by atoms with Crippen LogP contribution in [0.25, 0.3) is 11.1 Å². The second-order valence-electron chi connectivity index (χ2n) is 15.4. The van der Waals surface area contributed by atoms with Gasteiger partial charge in [0.2, 0.25) is 5.90 Å². The molecule has 0 saturated heterocycles. The molecule has 0 aliphatic carbocycles. The molecule has 8 nitrogen and oxygen atoms in total. The molecule has 0 saturated carbocycles. The molecule has 1 aliphatic rings. The number of ether oxygens (including phenoxy) is 4. The summed E-state index contributed by atoms with van der Waals surface area (Å²) < 4.78 is 26.2. The Morgan fingerprint density at radius 2 is 1.25 bits per heavy atom. The Labute approximate surface area is 377 Å². The highest BCUT2D eigenvalue weighted by atomic mass is 79.9. The number of rotatable bonds is 19. The highest BCUT2D eigenvalue weighted by molar-refractivity contribution is 9.10. The van der Waals surface area contributed by atoms with Gasteiger partial charge < -0.3 is 29.4 Å². The smallest absolute Gasteiger partial charge is 0.252 e. The fourth-order valence-corrected chi connectivity index (χ4v) is 8.00. The van der Waals surface area contributed by atoms with Crippen LogP contribution in [0.5, 0.6) is 17.2 Å². The lowest BCUT2D eigenvalue weighted by atomic mass is 9.81. The number of aliphatic hydroxyl groups excluding tert-OH is 1. The topological polar surface area (TPSA) is 98.6 Å². The van der Waals surface area contributed by atoms with E-state index in [2.05, 4.69) is 45.5 Å². The van der Waals surface area contributed by atoms with Crippen LogP contribution in [0, 0.1) is 0 Å². The fraction of sp³-hybridized carbons (Fsp3) is 0.185. The van der Waals surface area contributed by atoms with E-state index in [1.165, 1.54) is 0 Å². The van der Waals surface area contributed by atoms with Gasteiger partial charge in [-0.15, -0.1) is 0 Å². The Kier molecular flexibility index (Phi) is 14.3. The predicted octanol–water partition coefficient (Wildman–Crippen LogP) is 10.9. The molecule has 0 aromatic heterocycles. The minimum atomic E-state index is -1.39. The van der Waals surface area contributed by atoms with Crippen LogP contribution < -0.4 is 19.5 Å². The van der Waals surface area contributed by atoms with Gasteiger partial charge in [0.1, 0.15) is 19.0 Å². The number of hydrogen-bond donors (Lipinski definition) is 2. The molecule has 2 atom stereocenters. The van der Waals surface area contributed by atoms with Gasteiger partial charge in [0.15, 0.2) is 23.1 Å². The number of halogens is 1. The Hall–Kier alpha value is -6.68. The average molecular weight is 902 g/mol. The summed E-state index contributed by atoms with van der Waals surface area (Å²) in [7, 11) is 0. The molecule has 318 valence electrons. The number of benzene rings is 7. The number of carbonyl (C=O) groups excluding carboxylic acids is 1. The van der Waals surface area contributed by atoms with Crippen LogP contribution in [0.3, 0.4) is 0 Å². The van der Waals surface area contributed by atoms with Gasteiger partial charge in [0.05, 0.1) is 6.61 Å². The standard InChI is InChI=1S/C54H49BrN2O6/c55-48-20-11-10-19-46(48)36-54(53(59)56-32-31-39-21-30-49(61-37-40-13-4-1-5-14-40)50(35-39)62-38-41-15-6-2-7-16-41)51(44-24-22-43(23-25-44)42-17-8-3-9-18-42)63-52(57-54)45-26-28-47(29-27-45)60-34-12-33-58/h1-11,13-30,35,51,58H,12,31-34,36-38H2,(H,56,59)/t51-,54-/m1/s1. The monoisotopic (exact) mass is 900 g/mol. The van der Waals surface area contributed by atoms with Crippen molar-refractivity contribution in [2.24, 2.45) is 4.99 Å². The lowest BCUT2D eigenvalue weighted by molar-refractivity contribution is -0.128. The van der Waals surface area contributed by atoms with Crippen molar-refractivity contribution >= 4 is 27.7 Å². The first-order chi connectivity index (χ1) is 31.0. The molecule has 1 heterocycles. The van der Waals surface area contributed by atoms with Gasteiger partial charge in [-0.3, -0.25) is 4.79 Å². The largest absolute Gasteiger partial charge is 0.494 e. The summed E-state index contributed by atoms with van der Waals surface area (Å²) in [5, 5.41) is 12.5. The van der Waals surface area contributed by atoms with Crippen LogP contribution in [-0.2, 0) is 35.6 Å². The van der Waals surface area contributed by atoms with Gasteiger partial charge in [-0.25, -0.2) is 4.99 Å². The van der Waals surface area contributed by atoms with Crippen LogP contribution >= 0.6 is 15.9 Å². The lowest BCUT2D eigenvalue weighted by Crippen LogP contribution is -2.50. The van der Waals surface area contributed by atoms with Crippen molar-refractivity contribution in [3.8, 4) is 28.4 Å². The van der Waals surface area contributed by atoms with Gasteiger partial charge in [0.25, 0.3) is 5.91 Å². The maximum absolute atomic E-state index is 15.1. The maximum Gasteiger partial charge on any atom is 0.252 e. The Morgan fingerprint density at radius 3 is 1.92 bits per heavy atom. The van der Waals surface area contributed by atoms with E-state index in [0.29, 0.717) is 62.4 Å². The third kappa shape index (κ3) is 10.9. The number of amides is 1. The number of hydrogen-bond acceptors (Lipinski definition) is 7. The van der Waals surface area contributed by atoms with Gasteiger partial charge in [-0.05, 0) is 87.8 Å². The molecule has 0 fully saturated rings. The van der Waals surface area contributed by atoms with E-state index < -0.39 is 11.6 Å². The van der Waals surface area contributed by atoms with Gasteiger partial charge >= 0.3 is 0 Å². The molecule has 0 radical (unpaired) electrons. The van der Waals surface area contributed by atoms with Crippen LogP contribution in [0.2, 0.25) is 0 Å². The lowest BCUT2D eigenvalue weighted by Gasteiger charge is -2.31. The first kappa shape index (κ1) is 43.0. The molecule has 2 N–H and O–H groups in total. The third-order valence-corrected chi connectivity index (χ3v) is 11.7. The second-order valence-corrected chi connectivity index (χ2v) is 16.2. The summed E-state index contributed by atoms with van der Waals surface area (Å²) >= 11 is 3.76. The average Bonchev–Trinajstić information content (AvgIpc) is 3.73. The van der Waals surface area contributed by atoms with E-state index in [-0.39, 0.29) is 18.9 Å². The first-order valence-corrected chi connectivity index (χ1v) is 22.0. The molecular weight excluding hydrogens is 853 g/mol. The van der Waals surface area contributed by atoms with E-state index in [1.54, 1.807) is 0 Å². The fourth-order valence-electron chi connectivity index (χ4n) is 7.58. The Bertz CT molecular complexity index is 2590. The van der Waals surface area contributed by atoms with Crippen LogP contribution in [0.1, 0.15) is 45.9 Å². The Morgan fingerprint density at radius 1 is 0.651 bits per heavy atom. The van der Waals surface area contributed by atoms with E-state index in [9.17, 15) is 5.11 Å². The highest BCUT2D eigenvalue weighted by Gasteiger charge is 2.53. The van der Waals surface area contributed by atoms with Crippen molar-refractivity contribution in [1.29, 1.82) is 0 Å². The van der Waals surface area contributed by atoms with Crippen molar-refractivity contribution in [2.45, 2.75) is 44.1 Å². The van der Waals surface area contributed by atoms with Crippen molar-refractivity contribution in [3.63, 3.8) is 0 Å². The van der Waals surface area contributed by atoms with Crippen molar-refractivity contribution in [3.05, 3.63) is 220 Å². The minimum Gasteiger partial charge on any atom is -0.494 e. The number of aliphatic imine (C=N–C) groups is 1. The quantitative estimate of drug-likeness (QED) is 0.0785. The zero-order chi connectivity index (χ0) is 43.3. The first-order valence-electron chi connectivity index (χ1n) is 21.2. The molecule has 7 aromatic rings. The molecule has 9 heteroatoms. The molecule has 1 amide bonds. The van der Waals surface area contributed by atoms with Crippen LogP contribution in [-0.4, -0.2) is 42.2 Å². The molecule has 7 aromatic carbocycles. The molecule has 0 bridgehead atoms. The van der Waals surface area contributed by atoms with Gasteiger partial charge in [-0.2, -0.15) is 0 Å². The van der Waals surface area contributed by atoms with E-state index in [4.69, 9.17) is 23.9 Å². The van der Waals surface area contributed by atoms with Crippen molar-refractivity contribution in [2.75, 3.05) is 19.8 Å². The van der Waals surface area contributed by atoms with Gasteiger partial charge in [-0.1, -0.05) is 155 Å². The summed E-state index contributed by atoms with van der Waals surface area (Å²) in [5.74, 6) is 2.05. The summed E-state index contributed by atoms with van der Waals surface area (Å²) in [6.07, 6.45) is 0.571. The highest BCUT2D eigenvalue weighted by Crippen LogP contribution is 2.44. The summed E-state index contributed by atoms with van der Waals surface area (Å²) in [6.45, 7) is 1.58. The summed E-state index contributed by atoms with van der Waals surface area (Å²) in [4.78, 5) is 20.4. The van der Waals surface area contributed by atoms with E-state index >= 15 is 4.79 Å². The van der Waals surface area contributed by atoms with Crippen molar-refractivity contribution < 1.29 is 28.8 Å². The van der Waals surface area contributed by atoms with E-state index in [0.717, 1.165) is 49.0 Å². The molecule has 1 aliphatic heterocycles. The summed E-state index contributed by atoms with van der Waals surface area (Å²) in [6, 6.07) is 59.8. The molecule has 0 spiro atoms. The molecule has 0 unspecified atom stereocenters. The van der Waals surface area contributed by atoms with Crippen molar-refractivity contribution in [1.82, 2.24) is 5.32 Å². The van der Waals surface area contributed by atoms with Crippen LogP contribution in [0.4, 0.5) is 0 Å². The molecular formula is C54H49BrN2O6. The normalized spacial score (nSPS) is 15.5.